The molecule has 0 amide bonds. The maximum absolute atomic E-state index is 12.8. The Hall–Kier alpha value is -0.740. The van der Waals surface area contributed by atoms with Gasteiger partial charge in [-0.2, -0.15) is 0 Å². The number of nitrogens with two attached hydrogens (primary N) is 1. The highest BCUT2D eigenvalue weighted by molar-refractivity contribution is 9.10. The van der Waals surface area contributed by atoms with Gasteiger partial charge in [0.15, 0.2) is 5.78 Å². The van der Waals surface area contributed by atoms with Crippen LogP contribution in [-0.4, -0.2) is 12.3 Å². The minimum atomic E-state index is -0.450. The third-order valence-electron chi connectivity index (χ3n) is 1.43. The first-order valence-electron chi connectivity index (χ1n) is 3.33. The Bertz CT molecular complexity index is 314. The van der Waals surface area contributed by atoms with E-state index in [2.05, 4.69) is 15.9 Å². The quantitative estimate of drug-likeness (QED) is 0.789. The van der Waals surface area contributed by atoms with Crippen molar-refractivity contribution in [3.63, 3.8) is 0 Å². The van der Waals surface area contributed by atoms with Crippen LogP contribution in [0.3, 0.4) is 0 Å². The van der Waals surface area contributed by atoms with E-state index in [0.717, 1.165) is 0 Å². The summed E-state index contributed by atoms with van der Waals surface area (Å²) in [4.78, 5) is 11.0. The van der Waals surface area contributed by atoms with Crippen molar-refractivity contribution in [3.05, 3.63) is 34.1 Å². The zero-order valence-electron chi connectivity index (χ0n) is 6.18. The van der Waals surface area contributed by atoms with E-state index < -0.39 is 5.82 Å². The molecule has 4 heteroatoms. The molecule has 12 heavy (non-hydrogen) atoms. The van der Waals surface area contributed by atoms with Crippen LogP contribution < -0.4 is 5.73 Å². The molecule has 0 aliphatic carbocycles. The van der Waals surface area contributed by atoms with E-state index in [1.807, 2.05) is 0 Å². The van der Waals surface area contributed by atoms with Crippen LogP contribution in [0.4, 0.5) is 4.39 Å². The van der Waals surface area contributed by atoms with Gasteiger partial charge in [-0.25, -0.2) is 4.39 Å². The Labute approximate surface area is 77.7 Å². The molecule has 0 radical (unpaired) electrons. The van der Waals surface area contributed by atoms with Crippen LogP contribution in [0.1, 0.15) is 10.4 Å². The van der Waals surface area contributed by atoms with Gasteiger partial charge in [-0.15, -0.1) is 0 Å². The van der Waals surface area contributed by atoms with Crippen molar-refractivity contribution in [1.29, 1.82) is 0 Å². The summed E-state index contributed by atoms with van der Waals surface area (Å²) in [5.74, 6) is -0.712. The molecule has 0 fully saturated rings. The molecule has 1 aromatic carbocycles. The highest BCUT2D eigenvalue weighted by Crippen LogP contribution is 2.16. The first-order valence-corrected chi connectivity index (χ1v) is 4.12. The Morgan fingerprint density at radius 2 is 2.25 bits per heavy atom. The van der Waals surface area contributed by atoms with Crippen molar-refractivity contribution < 1.29 is 9.18 Å². The molecule has 0 aliphatic heterocycles. The Kier molecular flexibility index (Phi) is 2.94. The third kappa shape index (κ3) is 1.89. The lowest BCUT2D eigenvalue weighted by atomic mass is 10.1. The van der Waals surface area contributed by atoms with E-state index in [9.17, 15) is 9.18 Å². The van der Waals surface area contributed by atoms with Gasteiger partial charge >= 0.3 is 0 Å². The lowest BCUT2D eigenvalue weighted by Crippen LogP contribution is -2.13. The van der Waals surface area contributed by atoms with Crippen LogP contribution in [0.2, 0.25) is 0 Å². The van der Waals surface area contributed by atoms with Gasteiger partial charge in [0.05, 0.1) is 11.0 Å². The first-order chi connectivity index (χ1) is 5.65. The highest BCUT2D eigenvalue weighted by atomic mass is 79.9. The molecular formula is C8H7BrFNO. The predicted molar refractivity (Wildman–Crippen MR) is 47.5 cm³/mol. The summed E-state index contributed by atoms with van der Waals surface area (Å²) in [6.07, 6.45) is 0. The lowest BCUT2D eigenvalue weighted by molar-refractivity contribution is 0.100. The zero-order chi connectivity index (χ0) is 9.14. The second kappa shape index (κ2) is 3.78. The van der Waals surface area contributed by atoms with Gasteiger partial charge in [-0.3, -0.25) is 4.79 Å². The van der Waals surface area contributed by atoms with Crippen LogP contribution in [0.15, 0.2) is 22.7 Å². The van der Waals surface area contributed by atoms with E-state index in [1.165, 1.54) is 18.2 Å². The third-order valence-corrected chi connectivity index (χ3v) is 2.07. The minimum Gasteiger partial charge on any atom is -0.324 e. The van der Waals surface area contributed by atoms with Gasteiger partial charge in [0, 0.05) is 5.56 Å². The zero-order valence-corrected chi connectivity index (χ0v) is 7.77. The van der Waals surface area contributed by atoms with E-state index in [4.69, 9.17) is 5.73 Å². The number of hydrogen-bond donors (Lipinski definition) is 1. The van der Waals surface area contributed by atoms with Gasteiger partial charge < -0.3 is 5.73 Å². The summed E-state index contributed by atoms with van der Waals surface area (Å²) < 4.78 is 13.2. The molecule has 1 aromatic rings. The Balaban J connectivity index is 3.05. The van der Waals surface area contributed by atoms with Crippen molar-refractivity contribution in [2.75, 3.05) is 6.54 Å². The number of benzene rings is 1. The van der Waals surface area contributed by atoms with Crippen LogP contribution in [0, 0.1) is 5.82 Å². The largest absolute Gasteiger partial charge is 0.324 e. The number of carbonyl (C=O) groups excluding carboxylic acids is 1. The lowest BCUT2D eigenvalue weighted by Gasteiger charge is -1.98. The highest BCUT2D eigenvalue weighted by Gasteiger charge is 2.05. The fourth-order valence-electron chi connectivity index (χ4n) is 0.787. The van der Waals surface area contributed by atoms with E-state index in [-0.39, 0.29) is 12.3 Å². The van der Waals surface area contributed by atoms with Crippen molar-refractivity contribution in [2.24, 2.45) is 5.73 Å². The topological polar surface area (TPSA) is 43.1 Å². The summed E-state index contributed by atoms with van der Waals surface area (Å²) in [5.41, 5.74) is 5.41. The van der Waals surface area contributed by atoms with Crippen molar-refractivity contribution in [1.82, 2.24) is 0 Å². The van der Waals surface area contributed by atoms with Crippen molar-refractivity contribution in [3.8, 4) is 0 Å². The Morgan fingerprint density at radius 3 is 2.75 bits per heavy atom. The molecule has 0 heterocycles. The normalized spacial score (nSPS) is 9.92. The van der Waals surface area contributed by atoms with Crippen LogP contribution in [0.5, 0.6) is 0 Å². The van der Waals surface area contributed by atoms with Crippen LogP contribution in [-0.2, 0) is 0 Å². The maximum atomic E-state index is 12.8. The number of hydrogen-bond acceptors (Lipinski definition) is 2. The number of ketones is 1. The molecule has 0 aliphatic rings. The fourth-order valence-corrected chi connectivity index (χ4v) is 1.03. The summed E-state index contributed by atoms with van der Waals surface area (Å²) in [6.45, 7) is -0.0962. The maximum Gasteiger partial charge on any atom is 0.176 e. The van der Waals surface area contributed by atoms with Crippen molar-refractivity contribution in [2.45, 2.75) is 0 Å². The minimum absolute atomic E-state index is 0.0962. The molecule has 0 spiro atoms. The molecule has 0 bridgehead atoms. The second-order valence-electron chi connectivity index (χ2n) is 2.26. The second-order valence-corrected chi connectivity index (χ2v) is 3.11. The number of halogens is 2. The van der Waals surface area contributed by atoms with Gasteiger partial charge in [0.25, 0.3) is 0 Å². The molecule has 64 valence electrons. The SMILES string of the molecule is NCC(=O)c1ccc(Br)c(F)c1. The molecule has 0 aromatic heterocycles. The number of carbonyl (C=O) groups is 1. The molecule has 1 rings (SSSR count). The molecule has 2 nitrogen and oxygen atoms in total. The molecule has 0 unspecified atom stereocenters. The average Bonchev–Trinajstić information content (AvgIpc) is 2.08. The van der Waals surface area contributed by atoms with Gasteiger partial charge in [0.1, 0.15) is 5.82 Å². The van der Waals surface area contributed by atoms with E-state index in [0.29, 0.717) is 10.0 Å². The number of Topliss-reactive ketones (excluding diaryl/α,β-unsaturated/α-hetero) is 1. The summed E-state index contributed by atoms with van der Waals surface area (Å²) in [5, 5.41) is 0. The summed E-state index contributed by atoms with van der Waals surface area (Å²) >= 11 is 2.98. The molecule has 0 saturated carbocycles. The Morgan fingerprint density at radius 1 is 1.58 bits per heavy atom. The number of rotatable bonds is 2. The van der Waals surface area contributed by atoms with Gasteiger partial charge in [0.2, 0.25) is 0 Å². The van der Waals surface area contributed by atoms with Crippen LogP contribution >= 0.6 is 15.9 Å². The first kappa shape index (κ1) is 9.35. The molecule has 2 N–H and O–H groups in total. The van der Waals surface area contributed by atoms with Gasteiger partial charge in [-0.1, -0.05) is 6.07 Å². The van der Waals surface area contributed by atoms with E-state index in [1.54, 1.807) is 0 Å². The smallest absolute Gasteiger partial charge is 0.176 e. The van der Waals surface area contributed by atoms with Crippen LogP contribution in [0.25, 0.3) is 0 Å². The van der Waals surface area contributed by atoms with E-state index >= 15 is 0 Å². The monoisotopic (exact) mass is 231 g/mol. The summed E-state index contributed by atoms with van der Waals surface area (Å²) in [7, 11) is 0. The summed E-state index contributed by atoms with van der Waals surface area (Å²) in [6, 6.07) is 4.18. The standard InChI is InChI=1S/C8H7BrFNO/c9-6-2-1-5(3-7(6)10)8(12)4-11/h1-3H,4,11H2. The molecule has 0 saturated heterocycles. The van der Waals surface area contributed by atoms with Gasteiger partial charge in [-0.05, 0) is 28.1 Å². The molecule has 0 atom stereocenters. The fraction of sp³-hybridized carbons (Fsp3) is 0.125. The predicted octanol–water partition coefficient (Wildman–Crippen LogP) is 1.73. The molecular weight excluding hydrogens is 225 g/mol. The average molecular weight is 232 g/mol. The van der Waals surface area contributed by atoms with Crippen molar-refractivity contribution >= 4 is 21.7 Å².